The van der Waals surface area contributed by atoms with Gasteiger partial charge in [-0.2, -0.15) is 13.2 Å². The fourth-order valence-electron chi connectivity index (χ4n) is 3.43. The maximum atomic E-state index is 12.9. The van der Waals surface area contributed by atoms with Crippen LogP contribution in [0.2, 0.25) is 10.2 Å². The van der Waals surface area contributed by atoms with Crippen LogP contribution in [0.1, 0.15) is 40.9 Å². The van der Waals surface area contributed by atoms with Gasteiger partial charge in [0.05, 0.1) is 17.3 Å². The molecule has 3 aromatic rings. The second-order valence-corrected chi connectivity index (χ2v) is 8.26. The van der Waals surface area contributed by atoms with E-state index in [1.165, 1.54) is 12.1 Å². The SMILES string of the molecule is CNC(=O)[C@H](N[C@@H](CCc1ccc(C(F)(F)F)cc1)c1cccc(Cl)n1)c1ccc(Cl)cc1. The quantitative estimate of drug-likeness (QED) is 0.368. The molecule has 0 saturated carbocycles. The molecule has 3 rings (SSSR count). The second kappa shape index (κ2) is 11.0. The van der Waals surface area contributed by atoms with E-state index in [1.54, 1.807) is 49.5 Å². The Labute approximate surface area is 200 Å². The molecule has 2 N–H and O–H groups in total. The Morgan fingerprint density at radius 3 is 2.24 bits per heavy atom. The zero-order chi connectivity index (χ0) is 24.0. The molecule has 0 spiro atoms. The van der Waals surface area contributed by atoms with E-state index >= 15 is 0 Å². The van der Waals surface area contributed by atoms with Gasteiger partial charge in [-0.25, -0.2) is 4.98 Å². The lowest BCUT2D eigenvalue weighted by molar-refractivity contribution is -0.137. The largest absolute Gasteiger partial charge is 0.416 e. The number of aryl methyl sites for hydroxylation is 1. The fraction of sp³-hybridized carbons (Fsp3) is 0.250. The molecule has 4 nitrogen and oxygen atoms in total. The van der Waals surface area contributed by atoms with Gasteiger partial charge in [0.15, 0.2) is 0 Å². The third-order valence-corrected chi connectivity index (χ3v) is 5.64. The van der Waals surface area contributed by atoms with Crippen molar-refractivity contribution in [2.45, 2.75) is 31.1 Å². The van der Waals surface area contributed by atoms with Gasteiger partial charge in [-0.05, 0) is 60.4 Å². The Morgan fingerprint density at radius 2 is 1.67 bits per heavy atom. The lowest BCUT2D eigenvalue weighted by atomic mass is 9.98. The van der Waals surface area contributed by atoms with Crippen molar-refractivity contribution in [2.24, 2.45) is 0 Å². The highest BCUT2D eigenvalue weighted by Gasteiger charge is 2.30. The van der Waals surface area contributed by atoms with E-state index in [0.29, 0.717) is 34.3 Å². The number of aromatic nitrogens is 1. The van der Waals surface area contributed by atoms with Crippen molar-refractivity contribution in [3.05, 3.63) is 99.3 Å². The van der Waals surface area contributed by atoms with Gasteiger partial charge in [0.1, 0.15) is 11.2 Å². The monoisotopic (exact) mass is 495 g/mol. The summed E-state index contributed by atoms with van der Waals surface area (Å²) in [4.78, 5) is 17.1. The minimum absolute atomic E-state index is 0.251. The predicted molar refractivity (Wildman–Crippen MR) is 123 cm³/mol. The van der Waals surface area contributed by atoms with Crippen LogP contribution in [0.3, 0.4) is 0 Å². The summed E-state index contributed by atoms with van der Waals surface area (Å²) >= 11 is 12.1. The minimum atomic E-state index is -4.38. The summed E-state index contributed by atoms with van der Waals surface area (Å²) < 4.78 is 38.6. The highest BCUT2D eigenvalue weighted by Crippen LogP contribution is 2.30. The van der Waals surface area contributed by atoms with Crippen LogP contribution in [0.25, 0.3) is 0 Å². The van der Waals surface area contributed by atoms with Crippen molar-refractivity contribution in [3.8, 4) is 0 Å². The fourth-order valence-corrected chi connectivity index (χ4v) is 3.73. The summed E-state index contributed by atoms with van der Waals surface area (Å²) in [6, 6.07) is 16.1. The molecule has 1 heterocycles. The Balaban J connectivity index is 1.85. The molecular formula is C24H22Cl2F3N3O. The lowest BCUT2D eigenvalue weighted by Crippen LogP contribution is -2.38. The first-order valence-electron chi connectivity index (χ1n) is 10.2. The molecule has 0 aliphatic rings. The average molecular weight is 496 g/mol. The first-order chi connectivity index (χ1) is 15.7. The van der Waals surface area contributed by atoms with Crippen molar-refractivity contribution in [1.29, 1.82) is 0 Å². The van der Waals surface area contributed by atoms with Crippen molar-refractivity contribution < 1.29 is 18.0 Å². The van der Waals surface area contributed by atoms with Crippen molar-refractivity contribution >= 4 is 29.1 Å². The highest BCUT2D eigenvalue weighted by molar-refractivity contribution is 6.30. The summed E-state index contributed by atoms with van der Waals surface area (Å²) in [7, 11) is 1.54. The summed E-state index contributed by atoms with van der Waals surface area (Å²) in [5.74, 6) is -0.251. The van der Waals surface area contributed by atoms with E-state index in [2.05, 4.69) is 15.6 Å². The number of carbonyl (C=O) groups excluding carboxylic acids is 1. The van der Waals surface area contributed by atoms with Crippen LogP contribution in [0.4, 0.5) is 13.2 Å². The number of alkyl halides is 3. The zero-order valence-electron chi connectivity index (χ0n) is 17.7. The number of halogens is 5. The Kier molecular flexibility index (Phi) is 8.35. The number of hydrogen-bond acceptors (Lipinski definition) is 3. The first kappa shape index (κ1) is 25.0. The van der Waals surface area contributed by atoms with Crippen molar-refractivity contribution in [1.82, 2.24) is 15.6 Å². The van der Waals surface area contributed by atoms with E-state index in [9.17, 15) is 18.0 Å². The molecule has 0 saturated heterocycles. The summed E-state index contributed by atoms with van der Waals surface area (Å²) in [5, 5.41) is 6.84. The third kappa shape index (κ3) is 6.93. The molecule has 2 aromatic carbocycles. The summed E-state index contributed by atoms with van der Waals surface area (Å²) in [6.45, 7) is 0. The number of likely N-dealkylation sites (N-methyl/N-ethyl adjacent to an activating group) is 1. The van der Waals surface area contributed by atoms with Crippen LogP contribution in [0.15, 0.2) is 66.7 Å². The van der Waals surface area contributed by atoms with Crippen LogP contribution in [0.5, 0.6) is 0 Å². The number of nitrogens with one attached hydrogen (secondary N) is 2. The molecule has 0 unspecified atom stereocenters. The highest BCUT2D eigenvalue weighted by atomic mass is 35.5. The lowest BCUT2D eigenvalue weighted by Gasteiger charge is -2.25. The Morgan fingerprint density at radius 1 is 1.00 bits per heavy atom. The van der Waals surface area contributed by atoms with E-state index in [1.807, 2.05) is 0 Å². The second-order valence-electron chi connectivity index (χ2n) is 7.44. The van der Waals surface area contributed by atoms with Crippen molar-refractivity contribution in [3.63, 3.8) is 0 Å². The maximum Gasteiger partial charge on any atom is 0.416 e. The van der Waals surface area contributed by atoms with Gasteiger partial charge in [-0.3, -0.25) is 10.1 Å². The van der Waals surface area contributed by atoms with E-state index in [-0.39, 0.29) is 5.91 Å². The van der Waals surface area contributed by atoms with Gasteiger partial charge in [0.25, 0.3) is 0 Å². The number of amides is 1. The molecule has 0 fully saturated rings. The summed E-state index contributed by atoms with van der Waals surface area (Å²) in [5.41, 5.74) is 1.37. The van der Waals surface area contributed by atoms with Gasteiger partial charge < -0.3 is 5.32 Å². The molecule has 33 heavy (non-hydrogen) atoms. The number of rotatable bonds is 8. The molecule has 0 radical (unpaired) electrons. The molecule has 0 aliphatic carbocycles. The van der Waals surface area contributed by atoms with Gasteiger partial charge >= 0.3 is 6.18 Å². The van der Waals surface area contributed by atoms with Gasteiger partial charge in [-0.1, -0.05) is 53.5 Å². The number of hydrogen-bond donors (Lipinski definition) is 2. The first-order valence-corrected chi connectivity index (χ1v) is 10.9. The molecule has 1 amide bonds. The Hall–Kier alpha value is -2.61. The normalized spacial score (nSPS) is 13.4. The third-order valence-electron chi connectivity index (χ3n) is 5.18. The molecule has 2 atom stereocenters. The van der Waals surface area contributed by atoms with Crippen molar-refractivity contribution in [2.75, 3.05) is 7.05 Å². The van der Waals surface area contributed by atoms with Gasteiger partial charge in [0.2, 0.25) is 5.91 Å². The Bertz CT molecular complexity index is 1070. The minimum Gasteiger partial charge on any atom is -0.358 e. The van der Waals surface area contributed by atoms with E-state index in [4.69, 9.17) is 23.2 Å². The number of nitrogens with zero attached hydrogens (tertiary/aromatic N) is 1. The van der Waals surface area contributed by atoms with Crippen LogP contribution >= 0.6 is 23.2 Å². The number of benzene rings is 2. The van der Waals surface area contributed by atoms with E-state index in [0.717, 1.165) is 17.7 Å². The topological polar surface area (TPSA) is 54.0 Å². The predicted octanol–water partition coefficient (Wildman–Crippen LogP) is 6.16. The molecule has 1 aromatic heterocycles. The number of pyridine rings is 1. The molecule has 0 aliphatic heterocycles. The van der Waals surface area contributed by atoms with E-state index < -0.39 is 23.8 Å². The van der Waals surface area contributed by atoms with Gasteiger partial charge in [0, 0.05) is 12.1 Å². The standard InChI is InChI=1S/C24H22Cl2F3N3O/c1-30-23(33)22(16-8-12-18(25)13-9-16)32-20(19-3-2-4-21(26)31-19)14-7-15-5-10-17(11-6-15)24(27,28)29/h2-6,8-13,20,22,32H,7,14H2,1H3,(H,30,33)/t20-,22+/m0/s1. The molecule has 9 heteroatoms. The number of carbonyl (C=O) groups is 1. The summed E-state index contributed by atoms with van der Waals surface area (Å²) in [6.07, 6.45) is -3.45. The van der Waals surface area contributed by atoms with Crippen LogP contribution in [0, 0.1) is 0 Å². The van der Waals surface area contributed by atoms with Crippen LogP contribution < -0.4 is 10.6 Å². The van der Waals surface area contributed by atoms with Crippen LogP contribution in [-0.2, 0) is 17.4 Å². The van der Waals surface area contributed by atoms with Gasteiger partial charge in [-0.15, -0.1) is 0 Å². The molecule has 0 bridgehead atoms. The van der Waals surface area contributed by atoms with Crippen LogP contribution in [-0.4, -0.2) is 17.9 Å². The zero-order valence-corrected chi connectivity index (χ0v) is 19.2. The average Bonchev–Trinajstić information content (AvgIpc) is 2.79. The smallest absolute Gasteiger partial charge is 0.358 e. The maximum absolute atomic E-state index is 12.9. The molecule has 174 valence electrons. The molecular weight excluding hydrogens is 474 g/mol.